The molecule has 3 aromatic heterocycles. The molecule has 0 N–H and O–H groups in total. The molecule has 13 aromatic rings. The zero-order chi connectivity index (χ0) is 37.9. The van der Waals surface area contributed by atoms with Gasteiger partial charge in [0, 0.05) is 38.2 Å². The fourth-order valence-corrected chi connectivity index (χ4v) is 9.56. The Labute approximate surface area is 332 Å². The fourth-order valence-electron chi connectivity index (χ4n) is 9.56. The van der Waals surface area contributed by atoms with Crippen LogP contribution in [0.5, 0.6) is 0 Å². The molecular weight excluding hydrogens is 705 g/mol. The number of para-hydroxylation sites is 4. The highest BCUT2D eigenvalue weighted by Crippen LogP contribution is 2.41. The van der Waals surface area contributed by atoms with Gasteiger partial charge in [-0.1, -0.05) is 140 Å². The van der Waals surface area contributed by atoms with Crippen LogP contribution in [-0.4, -0.2) is 19.1 Å². The molecular formula is C54H32N4. The first-order chi connectivity index (χ1) is 28.7. The fraction of sp³-hybridized carbons (Fsp3) is 0. The number of benzene rings is 10. The Bertz CT molecular complexity index is 3870. The summed E-state index contributed by atoms with van der Waals surface area (Å²) < 4.78 is 4.79. The van der Waals surface area contributed by atoms with Crippen LogP contribution in [-0.2, 0) is 0 Å². The minimum Gasteiger partial charge on any atom is -0.309 e. The second-order valence-corrected chi connectivity index (χ2v) is 15.4. The molecule has 0 bridgehead atoms. The van der Waals surface area contributed by atoms with Crippen molar-refractivity contribution in [3.05, 3.63) is 194 Å². The highest BCUT2D eigenvalue weighted by atomic mass is 15.1. The first-order valence-electron chi connectivity index (χ1n) is 19.8. The molecule has 0 aliphatic heterocycles. The molecule has 0 atom stereocenters. The van der Waals surface area contributed by atoms with E-state index in [9.17, 15) is 0 Å². The summed E-state index contributed by atoms with van der Waals surface area (Å²) in [6.45, 7) is 0. The van der Waals surface area contributed by atoms with Gasteiger partial charge in [0.15, 0.2) is 5.82 Å². The van der Waals surface area contributed by atoms with Crippen LogP contribution in [0.1, 0.15) is 0 Å². The maximum atomic E-state index is 5.47. The maximum Gasteiger partial charge on any atom is 0.165 e. The van der Waals surface area contributed by atoms with E-state index in [1.54, 1.807) is 0 Å². The Balaban J connectivity index is 1.10. The number of hydrogen-bond acceptors (Lipinski definition) is 2. The summed E-state index contributed by atoms with van der Waals surface area (Å²) in [6, 6.07) is 70.3. The monoisotopic (exact) mass is 736 g/mol. The quantitative estimate of drug-likeness (QED) is 0.169. The van der Waals surface area contributed by atoms with E-state index in [1.165, 1.54) is 70.3 Å². The number of fused-ring (bicyclic) bond motifs is 13. The van der Waals surface area contributed by atoms with Crippen molar-refractivity contribution in [2.24, 2.45) is 0 Å². The first-order valence-corrected chi connectivity index (χ1v) is 19.8. The Morgan fingerprint density at radius 1 is 0.310 bits per heavy atom. The van der Waals surface area contributed by atoms with Crippen molar-refractivity contribution in [1.82, 2.24) is 19.1 Å². The van der Waals surface area contributed by atoms with E-state index < -0.39 is 0 Å². The highest BCUT2D eigenvalue weighted by molar-refractivity contribution is 6.19. The molecule has 0 aliphatic rings. The van der Waals surface area contributed by atoms with Gasteiger partial charge in [-0.25, -0.2) is 9.97 Å². The summed E-state index contributed by atoms with van der Waals surface area (Å²) in [5.41, 5.74) is 9.36. The molecule has 13 rings (SSSR count). The molecule has 0 fully saturated rings. The summed E-state index contributed by atoms with van der Waals surface area (Å²) in [7, 11) is 0. The van der Waals surface area contributed by atoms with Crippen molar-refractivity contribution in [2.75, 3.05) is 0 Å². The Hall–Kier alpha value is -7.82. The SMILES string of the molecule is c1ccc2c(c1)ccc1ccc(-c3nc4ccccc4nc3-n3c4ccccc4c4cc5ccc(-n6c7ccccc7c7ccc8ccccc8c76)cc5cc43)cc12. The third kappa shape index (κ3) is 4.45. The summed E-state index contributed by atoms with van der Waals surface area (Å²) in [6.07, 6.45) is 0. The van der Waals surface area contributed by atoms with E-state index in [0.717, 1.165) is 50.2 Å². The van der Waals surface area contributed by atoms with Crippen LogP contribution in [0.25, 0.3) is 120 Å². The lowest BCUT2D eigenvalue weighted by Crippen LogP contribution is -2.03. The summed E-state index contributed by atoms with van der Waals surface area (Å²) in [4.78, 5) is 10.9. The van der Waals surface area contributed by atoms with Crippen LogP contribution < -0.4 is 0 Å². The van der Waals surface area contributed by atoms with Gasteiger partial charge in [0.2, 0.25) is 0 Å². The summed E-state index contributed by atoms with van der Waals surface area (Å²) in [5.74, 6) is 0.814. The zero-order valence-electron chi connectivity index (χ0n) is 31.3. The Kier molecular flexibility index (Phi) is 6.41. The summed E-state index contributed by atoms with van der Waals surface area (Å²) >= 11 is 0. The van der Waals surface area contributed by atoms with E-state index >= 15 is 0 Å². The lowest BCUT2D eigenvalue weighted by molar-refractivity contribution is 1.08. The topological polar surface area (TPSA) is 35.6 Å². The molecule has 0 saturated heterocycles. The molecule has 268 valence electrons. The molecule has 0 spiro atoms. The van der Waals surface area contributed by atoms with Crippen LogP contribution in [0.4, 0.5) is 0 Å². The summed E-state index contributed by atoms with van der Waals surface area (Å²) in [5, 5.41) is 14.6. The van der Waals surface area contributed by atoms with Crippen LogP contribution in [0.3, 0.4) is 0 Å². The Morgan fingerprint density at radius 2 is 0.897 bits per heavy atom. The third-order valence-corrected chi connectivity index (χ3v) is 12.2. The van der Waals surface area contributed by atoms with E-state index in [4.69, 9.17) is 9.97 Å². The van der Waals surface area contributed by atoms with Gasteiger partial charge in [0.05, 0.1) is 33.1 Å². The average Bonchev–Trinajstić information content (AvgIpc) is 3.80. The average molecular weight is 737 g/mol. The highest BCUT2D eigenvalue weighted by Gasteiger charge is 2.21. The van der Waals surface area contributed by atoms with Gasteiger partial charge in [0.25, 0.3) is 0 Å². The molecule has 4 nitrogen and oxygen atoms in total. The first kappa shape index (κ1) is 31.4. The van der Waals surface area contributed by atoms with Crippen LogP contribution in [0.15, 0.2) is 194 Å². The van der Waals surface area contributed by atoms with Crippen LogP contribution in [0, 0.1) is 0 Å². The standard InChI is InChI=1S/C54H32N4/c1-3-13-40-33(11-1)21-22-35-23-24-37(31-45(35)40)52-54(56-48-18-8-7-17-47(48)55-52)58-50-20-10-6-16-43(50)46-30-36-25-27-39(29-38(36)32-51(46)58)57-49-19-9-5-15-42(49)44-28-26-34-12-2-4-14-41(34)53(44)57/h1-32H. The van der Waals surface area contributed by atoms with Gasteiger partial charge in [-0.05, 0) is 92.3 Å². The van der Waals surface area contributed by atoms with E-state index in [2.05, 4.69) is 191 Å². The minimum atomic E-state index is 0.814. The molecule has 10 aromatic carbocycles. The molecule has 0 aliphatic carbocycles. The van der Waals surface area contributed by atoms with E-state index in [-0.39, 0.29) is 0 Å². The zero-order valence-corrected chi connectivity index (χ0v) is 31.3. The lowest BCUT2D eigenvalue weighted by Gasteiger charge is -2.15. The van der Waals surface area contributed by atoms with Crippen molar-refractivity contribution < 1.29 is 0 Å². The van der Waals surface area contributed by atoms with Gasteiger partial charge < -0.3 is 4.57 Å². The predicted octanol–water partition coefficient (Wildman–Crippen LogP) is 14.1. The molecule has 58 heavy (non-hydrogen) atoms. The lowest BCUT2D eigenvalue weighted by atomic mass is 9.99. The van der Waals surface area contributed by atoms with E-state index in [1.807, 2.05) is 12.1 Å². The molecule has 0 unspecified atom stereocenters. The second-order valence-electron chi connectivity index (χ2n) is 15.4. The van der Waals surface area contributed by atoms with Crippen molar-refractivity contribution in [3.63, 3.8) is 0 Å². The van der Waals surface area contributed by atoms with Crippen LogP contribution in [0.2, 0.25) is 0 Å². The van der Waals surface area contributed by atoms with Gasteiger partial charge in [-0.15, -0.1) is 0 Å². The van der Waals surface area contributed by atoms with Crippen molar-refractivity contribution >= 4 is 97.7 Å². The van der Waals surface area contributed by atoms with Gasteiger partial charge in [0.1, 0.15) is 5.69 Å². The van der Waals surface area contributed by atoms with Crippen LogP contribution >= 0.6 is 0 Å². The van der Waals surface area contributed by atoms with Crippen molar-refractivity contribution in [2.45, 2.75) is 0 Å². The van der Waals surface area contributed by atoms with Crippen molar-refractivity contribution in [3.8, 4) is 22.8 Å². The maximum absolute atomic E-state index is 5.47. The molecule has 0 saturated carbocycles. The number of rotatable bonds is 3. The minimum absolute atomic E-state index is 0.814. The molecule has 0 radical (unpaired) electrons. The van der Waals surface area contributed by atoms with Gasteiger partial charge >= 0.3 is 0 Å². The largest absolute Gasteiger partial charge is 0.309 e. The van der Waals surface area contributed by atoms with Crippen molar-refractivity contribution in [1.29, 1.82) is 0 Å². The third-order valence-electron chi connectivity index (χ3n) is 12.2. The Morgan fingerprint density at radius 3 is 1.71 bits per heavy atom. The molecule has 0 amide bonds. The predicted molar refractivity (Wildman–Crippen MR) is 244 cm³/mol. The molecule has 4 heteroatoms. The number of nitrogens with zero attached hydrogens (tertiary/aromatic N) is 4. The van der Waals surface area contributed by atoms with Gasteiger partial charge in [-0.3, -0.25) is 4.57 Å². The second kappa shape index (κ2) is 11.8. The molecule has 3 heterocycles. The smallest absolute Gasteiger partial charge is 0.165 e. The van der Waals surface area contributed by atoms with E-state index in [0.29, 0.717) is 0 Å². The number of aromatic nitrogens is 4. The normalized spacial score (nSPS) is 12.1. The number of hydrogen-bond donors (Lipinski definition) is 0. The van der Waals surface area contributed by atoms with Gasteiger partial charge in [-0.2, -0.15) is 0 Å².